The molecule has 3 aromatic carbocycles. The number of aryl methyl sites for hydroxylation is 1. The highest BCUT2D eigenvalue weighted by molar-refractivity contribution is 6.38. The van der Waals surface area contributed by atoms with E-state index in [0.29, 0.717) is 17.0 Å². The minimum atomic E-state index is -1.33. The molecule has 0 unspecified atom stereocenters. The zero-order valence-electron chi connectivity index (χ0n) is 19.4. The molecule has 0 fully saturated rings. The van der Waals surface area contributed by atoms with Gasteiger partial charge in [0.05, 0.1) is 22.7 Å². The highest BCUT2D eigenvalue weighted by atomic mass is 16.2. The van der Waals surface area contributed by atoms with Gasteiger partial charge in [-0.1, -0.05) is 72.8 Å². The molecular formula is C30H24N4O. The van der Waals surface area contributed by atoms with E-state index in [9.17, 15) is 15.5 Å². The molecule has 0 saturated heterocycles. The van der Waals surface area contributed by atoms with Gasteiger partial charge in [-0.15, -0.1) is 0 Å². The van der Waals surface area contributed by atoms with Gasteiger partial charge in [0, 0.05) is 5.92 Å². The highest BCUT2D eigenvalue weighted by Crippen LogP contribution is 2.59. The zero-order valence-corrected chi connectivity index (χ0v) is 19.4. The Balaban J connectivity index is 1.64. The van der Waals surface area contributed by atoms with Crippen LogP contribution in [0.2, 0.25) is 0 Å². The van der Waals surface area contributed by atoms with Crippen molar-refractivity contribution in [1.82, 2.24) is 0 Å². The van der Waals surface area contributed by atoms with E-state index in [0.717, 1.165) is 29.5 Å². The molecule has 1 spiro atoms. The molecular weight excluding hydrogens is 432 g/mol. The molecule has 0 saturated carbocycles. The molecule has 1 amide bonds. The van der Waals surface area contributed by atoms with Crippen LogP contribution in [-0.4, -0.2) is 17.3 Å². The van der Waals surface area contributed by atoms with Crippen molar-refractivity contribution in [2.75, 3.05) is 5.01 Å². The molecule has 35 heavy (non-hydrogen) atoms. The number of hydrogen-bond donors (Lipinski definition) is 1. The number of nitrogens with one attached hydrogen (secondary N) is 1. The first-order chi connectivity index (χ1) is 17.1. The number of fused-ring (bicyclic) bond motifs is 3. The molecule has 5 heteroatoms. The highest BCUT2D eigenvalue weighted by Gasteiger charge is 2.64. The van der Waals surface area contributed by atoms with Gasteiger partial charge in [-0.2, -0.15) is 15.4 Å². The van der Waals surface area contributed by atoms with E-state index < -0.39 is 5.41 Å². The quantitative estimate of drug-likeness (QED) is 0.533. The second kappa shape index (κ2) is 7.89. The van der Waals surface area contributed by atoms with Crippen LogP contribution in [0.15, 0.2) is 95.6 Å². The molecule has 0 aromatic heterocycles. The van der Waals surface area contributed by atoms with E-state index in [1.807, 2.05) is 79.7 Å². The normalized spacial score (nSPS) is 25.3. The van der Waals surface area contributed by atoms with Crippen molar-refractivity contribution >= 4 is 28.6 Å². The van der Waals surface area contributed by atoms with Gasteiger partial charge in [0.2, 0.25) is 0 Å². The largest absolute Gasteiger partial charge is 0.302 e. The molecule has 6 rings (SSSR count). The molecule has 0 radical (unpaired) electrons. The number of para-hydroxylation sites is 1. The van der Waals surface area contributed by atoms with Gasteiger partial charge in [-0.25, -0.2) is 0 Å². The summed E-state index contributed by atoms with van der Waals surface area (Å²) in [5.74, 6) is -0.673. The summed E-state index contributed by atoms with van der Waals surface area (Å²) in [7, 11) is 0. The van der Waals surface area contributed by atoms with Crippen LogP contribution in [-0.2, 0) is 11.2 Å². The van der Waals surface area contributed by atoms with Crippen LogP contribution in [0, 0.1) is 28.1 Å². The number of amides is 1. The molecule has 2 aliphatic carbocycles. The molecule has 3 aromatic rings. The van der Waals surface area contributed by atoms with Crippen molar-refractivity contribution in [2.45, 2.75) is 25.7 Å². The number of carbonyl (C=O) groups is 1. The van der Waals surface area contributed by atoms with Crippen LogP contribution >= 0.6 is 0 Å². The fraction of sp³-hybridized carbons (Fsp3) is 0.200. The summed E-state index contributed by atoms with van der Waals surface area (Å²) in [4.78, 5) is 14.4. The van der Waals surface area contributed by atoms with Crippen molar-refractivity contribution in [3.05, 3.63) is 107 Å². The van der Waals surface area contributed by atoms with Gasteiger partial charge in [-0.05, 0) is 60.1 Å². The maximum atomic E-state index is 14.4. The van der Waals surface area contributed by atoms with E-state index in [2.05, 4.69) is 18.2 Å². The van der Waals surface area contributed by atoms with Crippen LogP contribution in [0.4, 0.5) is 5.69 Å². The molecule has 1 N–H and O–H groups in total. The van der Waals surface area contributed by atoms with Gasteiger partial charge in [0.25, 0.3) is 5.91 Å². The smallest absolute Gasteiger partial charge is 0.266 e. The first-order valence-electron chi connectivity index (χ1n) is 11.9. The Bertz CT molecular complexity index is 1460. The standard InChI is InChI=1S/C30H24N4O/c1-19-30(29(35)34(33-19)22-13-6-3-7-14-22)27(21-11-4-2-5-12-21)24-17-16-20-10-8-9-15-23(20)26(24)25(18-31)28(30)32/h2-15,24,27,32H,16-17H2,1H3/t24-,27+,30-/m1/s1. The Hall–Kier alpha value is -4.30. The molecule has 1 aliphatic heterocycles. The maximum Gasteiger partial charge on any atom is 0.266 e. The van der Waals surface area contributed by atoms with Gasteiger partial charge in [0.15, 0.2) is 0 Å². The van der Waals surface area contributed by atoms with Crippen molar-refractivity contribution < 1.29 is 4.79 Å². The SMILES string of the molecule is CC1=NN(c2ccccc2)C(=O)[C@]12C(=N)C(C#N)=C1c3ccccc3CC[C@H]1[C@@H]2c1ccccc1. The maximum absolute atomic E-state index is 14.4. The van der Waals surface area contributed by atoms with Gasteiger partial charge >= 0.3 is 0 Å². The molecule has 1 heterocycles. The lowest BCUT2D eigenvalue weighted by Gasteiger charge is -2.48. The summed E-state index contributed by atoms with van der Waals surface area (Å²) in [6, 6.07) is 29.8. The second-order valence-corrected chi connectivity index (χ2v) is 9.41. The second-order valence-electron chi connectivity index (χ2n) is 9.41. The number of hydrazone groups is 1. The van der Waals surface area contributed by atoms with E-state index in [4.69, 9.17) is 5.10 Å². The fourth-order valence-electron chi connectivity index (χ4n) is 6.34. The third-order valence-corrected chi connectivity index (χ3v) is 7.81. The molecule has 3 atom stereocenters. The summed E-state index contributed by atoms with van der Waals surface area (Å²) >= 11 is 0. The third kappa shape index (κ3) is 2.83. The number of anilines is 1. The Morgan fingerprint density at radius 3 is 2.37 bits per heavy atom. The summed E-state index contributed by atoms with van der Waals surface area (Å²) < 4.78 is 0. The number of nitrogens with zero attached hydrogens (tertiary/aromatic N) is 3. The predicted molar refractivity (Wildman–Crippen MR) is 137 cm³/mol. The minimum Gasteiger partial charge on any atom is -0.302 e. The fourth-order valence-corrected chi connectivity index (χ4v) is 6.34. The number of rotatable bonds is 2. The molecule has 5 nitrogen and oxygen atoms in total. The first-order valence-corrected chi connectivity index (χ1v) is 11.9. The lowest BCUT2D eigenvalue weighted by molar-refractivity contribution is -0.122. The lowest BCUT2D eigenvalue weighted by atomic mass is 9.52. The predicted octanol–water partition coefficient (Wildman–Crippen LogP) is 5.75. The lowest BCUT2D eigenvalue weighted by Crippen LogP contribution is -2.55. The Morgan fingerprint density at radius 1 is 1.00 bits per heavy atom. The monoisotopic (exact) mass is 456 g/mol. The summed E-state index contributed by atoms with van der Waals surface area (Å²) in [5, 5.41) is 26.0. The average molecular weight is 457 g/mol. The summed E-state index contributed by atoms with van der Waals surface area (Å²) in [6.07, 6.45) is 1.67. The van der Waals surface area contributed by atoms with Crippen molar-refractivity contribution in [3.63, 3.8) is 0 Å². The van der Waals surface area contributed by atoms with Crippen LogP contribution < -0.4 is 5.01 Å². The third-order valence-electron chi connectivity index (χ3n) is 7.81. The molecule has 170 valence electrons. The summed E-state index contributed by atoms with van der Waals surface area (Å²) in [6.45, 7) is 1.84. The van der Waals surface area contributed by atoms with E-state index in [1.165, 1.54) is 10.6 Å². The Labute approximate surface area is 204 Å². The molecule has 3 aliphatic rings. The number of nitriles is 1. The minimum absolute atomic E-state index is 0.0569. The Kier molecular flexibility index (Phi) is 4.79. The van der Waals surface area contributed by atoms with Gasteiger partial charge in [0.1, 0.15) is 11.5 Å². The average Bonchev–Trinajstić information content (AvgIpc) is 3.16. The van der Waals surface area contributed by atoms with Crippen LogP contribution in [0.3, 0.4) is 0 Å². The summed E-state index contributed by atoms with van der Waals surface area (Å²) in [5.41, 5.74) is 4.38. The van der Waals surface area contributed by atoms with Crippen LogP contribution in [0.1, 0.15) is 36.0 Å². The topological polar surface area (TPSA) is 80.3 Å². The van der Waals surface area contributed by atoms with E-state index in [1.54, 1.807) is 0 Å². The van der Waals surface area contributed by atoms with Crippen molar-refractivity contribution in [3.8, 4) is 6.07 Å². The first kappa shape index (κ1) is 21.2. The molecule has 0 bridgehead atoms. The number of benzene rings is 3. The van der Waals surface area contributed by atoms with Crippen molar-refractivity contribution in [2.24, 2.45) is 16.4 Å². The number of hydrogen-bond acceptors (Lipinski definition) is 4. The van der Waals surface area contributed by atoms with E-state index >= 15 is 0 Å². The van der Waals surface area contributed by atoms with Crippen LogP contribution in [0.25, 0.3) is 5.57 Å². The van der Waals surface area contributed by atoms with Crippen LogP contribution in [0.5, 0.6) is 0 Å². The number of carbonyl (C=O) groups excluding carboxylic acids is 1. The van der Waals surface area contributed by atoms with Crippen molar-refractivity contribution in [1.29, 1.82) is 10.7 Å². The van der Waals surface area contributed by atoms with E-state index in [-0.39, 0.29) is 23.5 Å². The van der Waals surface area contributed by atoms with Gasteiger partial charge in [-0.3, -0.25) is 4.79 Å². The Morgan fingerprint density at radius 2 is 1.66 bits per heavy atom. The zero-order chi connectivity index (χ0) is 24.2. The number of allylic oxidation sites excluding steroid dienone is 2. The van der Waals surface area contributed by atoms with Gasteiger partial charge < -0.3 is 5.41 Å².